The topological polar surface area (TPSA) is 49.5 Å². The first-order valence-corrected chi connectivity index (χ1v) is 3.95. The summed E-state index contributed by atoms with van der Waals surface area (Å²) in [6, 6.07) is 0. The van der Waals surface area contributed by atoms with Gasteiger partial charge in [-0.3, -0.25) is 0 Å². The molecule has 0 aromatic carbocycles. The molecule has 11 heavy (non-hydrogen) atoms. The van der Waals surface area contributed by atoms with Crippen LogP contribution in [0.2, 0.25) is 0 Å². The van der Waals surface area contributed by atoms with Crippen molar-refractivity contribution in [1.29, 1.82) is 0 Å². The van der Waals surface area contributed by atoms with Crippen molar-refractivity contribution < 1.29 is 5.11 Å². The lowest BCUT2D eigenvalue weighted by molar-refractivity contribution is 0.0740. The molecular formula is C8H20N2O. The molecule has 3 nitrogen and oxygen atoms in total. The van der Waals surface area contributed by atoms with Crippen molar-refractivity contribution in [2.45, 2.75) is 19.4 Å². The fourth-order valence-corrected chi connectivity index (χ4v) is 0.951. The first kappa shape index (κ1) is 10.9. The molecule has 68 valence electrons. The number of hydrogen-bond acceptors (Lipinski definition) is 3. The van der Waals surface area contributed by atoms with Crippen LogP contribution in [0.3, 0.4) is 0 Å². The molecule has 0 amide bonds. The minimum atomic E-state index is -0.0243. The highest BCUT2D eigenvalue weighted by molar-refractivity contribution is 4.85. The monoisotopic (exact) mass is 160 g/mol. The SMILES string of the molecule is CN(C)C(C)(C)[C@H](CN)CO. The van der Waals surface area contributed by atoms with Crippen molar-refractivity contribution in [3.05, 3.63) is 0 Å². The Morgan fingerprint density at radius 3 is 2.00 bits per heavy atom. The summed E-state index contributed by atoms with van der Waals surface area (Å²) in [5, 5.41) is 9.00. The van der Waals surface area contributed by atoms with E-state index in [-0.39, 0.29) is 18.1 Å². The standard InChI is InChI=1S/C8H20N2O/c1-8(2,10(3)4)7(5-9)6-11/h7,11H,5-6,9H2,1-4H3/t7-/m1/s1. The van der Waals surface area contributed by atoms with Gasteiger partial charge in [-0.2, -0.15) is 0 Å². The number of nitrogens with two attached hydrogens (primary N) is 1. The molecule has 1 atom stereocenters. The number of nitrogens with zero attached hydrogens (tertiary/aromatic N) is 1. The molecule has 0 saturated heterocycles. The minimum Gasteiger partial charge on any atom is -0.396 e. The third-order valence-corrected chi connectivity index (χ3v) is 2.66. The Bertz CT molecular complexity index is 109. The van der Waals surface area contributed by atoms with Crippen LogP contribution < -0.4 is 5.73 Å². The van der Waals surface area contributed by atoms with E-state index in [2.05, 4.69) is 18.7 Å². The van der Waals surface area contributed by atoms with Crippen molar-refractivity contribution in [1.82, 2.24) is 4.90 Å². The predicted octanol–water partition coefficient (Wildman–Crippen LogP) is -0.106. The van der Waals surface area contributed by atoms with Gasteiger partial charge in [-0.05, 0) is 34.5 Å². The third kappa shape index (κ3) is 2.43. The van der Waals surface area contributed by atoms with E-state index < -0.39 is 0 Å². The van der Waals surface area contributed by atoms with Gasteiger partial charge in [0.2, 0.25) is 0 Å². The summed E-state index contributed by atoms with van der Waals surface area (Å²) in [5.41, 5.74) is 5.50. The molecule has 0 unspecified atom stereocenters. The van der Waals surface area contributed by atoms with E-state index in [9.17, 15) is 0 Å². The van der Waals surface area contributed by atoms with Crippen LogP contribution in [0.4, 0.5) is 0 Å². The highest BCUT2D eigenvalue weighted by atomic mass is 16.3. The molecule has 0 aliphatic rings. The Balaban J connectivity index is 4.24. The maximum atomic E-state index is 9.00. The normalized spacial score (nSPS) is 15.5. The van der Waals surface area contributed by atoms with Crippen LogP contribution in [0.5, 0.6) is 0 Å². The van der Waals surface area contributed by atoms with Crippen molar-refractivity contribution in [2.75, 3.05) is 27.2 Å². The number of aliphatic hydroxyl groups is 1. The molecule has 0 aliphatic carbocycles. The Kier molecular flexibility index (Phi) is 4.00. The largest absolute Gasteiger partial charge is 0.396 e. The van der Waals surface area contributed by atoms with Gasteiger partial charge in [0.05, 0.1) is 0 Å². The summed E-state index contributed by atoms with van der Waals surface area (Å²) >= 11 is 0. The second-order valence-corrected chi connectivity index (χ2v) is 3.66. The van der Waals surface area contributed by atoms with E-state index in [1.54, 1.807) is 0 Å². The molecular weight excluding hydrogens is 140 g/mol. The average molecular weight is 160 g/mol. The number of aliphatic hydroxyl groups excluding tert-OH is 1. The zero-order valence-corrected chi connectivity index (χ0v) is 7.96. The molecule has 0 bridgehead atoms. The second kappa shape index (κ2) is 4.04. The number of hydrogen-bond donors (Lipinski definition) is 2. The first-order valence-electron chi connectivity index (χ1n) is 3.95. The van der Waals surface area contributed by atoms with Crippen molar-refractivity contribution >= 4 is 0 Å². The highest BCUT2D eigenvalue weighted by Crippen LogP contribution is 2.20. The zero-order chi connectivity index (χ0) is 9.07. The van der Waals surface area contributed by atoms with E-state index in [1.165, 1.54) is 0 Å². The molecule has 0 aromatic heterocycles. The van der Waals surface area contributed by atoms with Crippen molar-refractivity contribution in [2.24, 2.45) is 11.7 Å². The minimum absolute atomic E-state index is 0.0243. The summed E-state index contributed by atoms with van der Waals surface area (Å²) in [7, 11) is 4.00. The van der Waals surface area contributed by atoms with Gasteiger partial charge in [-0.1, -0.05) is 0 Å². The summed E-state index contributed by atoms with van der Waals surface area (Å²) in [6.07, 6.45) is 0. The molecule has 0 saturated carbocycles. The molecule has 0 radical (unpaired) electrons. The molecule has 0 spiro atoms. The first-order chi connectivity index (χ1) is 4.96. The molecule has 0 aromatic rings. The van der Waals surface area contributed by atoms with Crippen LogP contribution >= 0.6 is 0 Å². The van der Waals surface area contributed by atoms with Gasteiger partial charge in [0, 0.05) is 18.1 Å². The van der Waals surface area contributed by atoms with Crippen LogP contribution in [0, 0.1) is 5.92 Å². The van der Waals surface area contributed by atoms with Gasteiger partial charge in [-0.25, -0.2) is 0 Å². The molecule has 0 aliphatic heterocycles. The fraction of sp³-hybridized carbons (Fsp3) is 1.00. The van der Waals surface area contributed by atoms with E-state index in [0.717, 1.165) is 0 Å². The van der Waals surface area contributed by atoms with Gasteiger partial charge in [0.1, 0.15) is 0 Å². The van der Waals surface area contributed by atoms with Gasteiger partial charge < -0.3 is 15.7 Å². The van der Waals surface area contributed by atoms with Gasteiger partial charge in [0.25, 0.3) is 0 Å². The predicted molar refractivity (Wildman–Crippen MR) is 47.4 cm³/mol. The lowest BCUT2D eigenvalue weighted by Gasteiger charge is -2.38. The quantitative estimate of drug-likeness (QED) is 0.603. The van der Waals surface area contributed by atoms with Crippen molar-refractivity contribution in [3.8, 4) is 0 Å². The zero-order valence-electron chi connectivity index (χ0n) is 7.96. The molecule has 0 heterocycles. The lowest BCUT2D eigenvalue weighted by atomic mass is 9.87. The van der Waals surface area contributed by atoms with Crippen molar-refractivity contribution in [3.63, 3.8) is 0 Å². The van der Waals surface area contributed by atoms with Crippen LogP contribution in [-0.2, 0) is 0 Å². The summed E-state index contributed by atoms with van der Waals surface area (Å²) in [5.74, 6) is 0.150. The smallest absolute Gasteiger partial charge is 0.0488 e. The maximum absolute atomic E-state index is 9.00. The molecule has 3 N–H and O–H groups in total. The Morgan fingerprint density at radius 2 is 1.91 bits per heavy atom. The van der Waals surface area contributed by atoms with E-state index in [4.69, 9.17) is 10.8 Å². The third-order valence-electron chi connectivity index (χ3n) is 2.66. The summed E-state index contributed by atoms with van der Waals surface area (Å²) < 4.78 is 0. The lowest BCUT2D eigenvalue weighted by Crippen LogP contribution is -2.49. The van der Waals surface area contributed by atoms with Crippen LogP contribution in [0.1, 0.15) is 13.8 Å². The second-order valence-electron chi connectivity index (χ2n) is 3.66. The summed E-state index contributed by atoms with van der Waals surface area (Å²) in [6.45, 7) is 4.85. The Morgan fingerprint density at radius 1 is 1.45 bits per heavy atom. The van der Waals surface area contributed by atoms with E-state index in [1.807, 2.05) is 14.1 Å². The average Bonchev–Trinajstić information content (AvgIpc) is 1.89. The van der Waals surface area contributed by atoms with Crippen LogP contribution in [-0.4, -0.2) is 42.8 Å². The van der Waals surface area contributed by atoms with Gasteiger partial charge >= 0.3 is 0 Å². The molecule has 3 heteroatoms. The van der Waals surface area contributed by atoms with E-state index >= 15 is 0 Å². The van der Waals surface area contributed by atoms with Gasteiger partial charge in [0.15, 0.2) is 0 Å². The highest BCUT2D eigenvalue weighted by Gasteiger charge is 2.29. The van der Waals surface area contributed by atoms with Gasteiger partial charge in [-0.15, -0.1) is 0 Å². The molecule has 0 fully saturated rings. The maximum Gasteiger partial charge on any atom is 0.0488 e. The Hall–Kier alpha value is -0.120. The van der Waals surface area contributed by atoms with Crippen LogP contribution in [0.25, 0.3) is 0 Å². The fourth-order valence-electron chi connectivity index (χ4n) is 0.951. The molecule has 0 rings (SSSR count). The van der Waals surface area contributed by atoms with E-state index in [0.29, 0.717) is 6.54 Å². The number of rotatable bonds is 4. The van der Waals surface area contributed by atoms with Crippen LogP contribution in [0.15, 0.2) is 0 Å². The summed E-state index contributed by atoms with van der Waals surface area (Å²) in [4.78, 5) is 2.08. The Labute approximate surface area is 69.2 Å².